The Morgan fingerprint density at radius 2 is 0.976 bits per heavy atom. The third kappa shape index (κ3) is 22.0. The van der Waals surface area contributed by atoms with Crippen molar-refractivity contribution in [3.05, 3.63) is 89.5 Å². The lowest BCUT2D eigenvalue weighted by Gasteiger charge is -2.31. The van der Waals surface area contributed by atoms with Crippen LogP contribution in [0, 0.1) is 11.8 Å². The number of hydrogen-bond donors (Lipinski definition) is 14. The number of nitrogens with one attached hydrogen (secondary N) is 7. The number of primary amides is 1. The number of benzene rings is 3. The summed E-state index contributed by atoms with van der Waals surface area (Å²) < 4.78 is 0. The second-order valence-electron chi connectivity index (χ2n) is 21.4. The maximum absolute atomic E-state index is 14.7. The molecule has 458 valence electrons. The van der Waals surface area contributed by atoms with Crippen molar-refractivity contribution in [2.75, 3.05) is 18.6 Å². The molecular weight excluding hydrogens is 1110 g/mol. The first-order chi connectivity index (χ1) is 39.6. The molecule has 0 aliphatic carbocycles. The van der Waals surface area contributed by atoms with Gasteiger partial charge in [0.15, 0.2) is 0 Å². The van der Waals surface area contributed by atoms with Crippen molar-refractivity contribution in [1.82, 2.24) is 42.1 Å². The zero-order valence-electron chi connectivity index (χ0n) is 47.5. The molecule has 0 spiro atoms. The topological polar surface area (TPSA) is 428 Å². The Morgan fingerprint density at radius 1 is 0.571 bits per heavy atom. The largest absolute Gasteiger partial charge is 0.508 e. The third-order valence-electron chi connectivity index (χ3n) is 13.7. The number of carbonyl (C=O) groups is 11. The van der Waals surface area contributed by atoms with Gasteiger partial charge < -0.3 is 79.1 Å². The molecule has 3 aromatic rings. The average molecular weight is 1190 g/mol. The van der Waals surface area contributed by atoms with Crippen LogP contribution in [0.4, 0.5) is 0 Å². The van der Waals surface area contributed by atoms with Crippen LogP contribution in [0.15, 0.2) is 72.8 Å². The first kappa shape index (κ1) is 68.0. The van der Waals surface area contributed by atoms with E-state index in [9.17, 15) is 78.3 Å². The number of carboxylic acid groups (broad SMARTS) is 2. The molecule has 1 heterocycles. The van der Waals surface area contributed by atoms with Gasteiger partial charge in [-0.2, -0.15) is 11.8 Å². The van der Waals surface area contributed by atoms with Crippen molar-refractivity contribution in [2.24, 2.45) is 23.3 Å². The van der Waals surface area contributed by atoms with Gasteiger partial charge in [0.25, 0.3) is 0 Å². The van der Waals surface area contributed by atoms with Crippen LogP contribution in [-0.4, -0.2) is 168 Å². The molecule has 27 heteroatoms. The molecule has 1 fully saturated rings. The van der Waals surface area contributed by atoms with Gasteiger partial charge in [-0.25, -0.2) is 4.79 Å². The molecule has 1 saturated heterocycles. The predicted octanol–water partition coefficient (Wildman–Crippen LogP) is -0.177. The summed E-state index contributed by atoms with van der Waals surface area (Å²) >= 11 is 1.34. The highest BCUT2D eigenvalue weighted by Crippen LogP contribution is 2.23. The first-order valence-electron chi connectivity index (χ1n) is 27.4. The average Bonchev–Trinajstić information content (AvgIpc) is 4.03. The molecule has 16 N–H and O–H groups in total. The highest BCUT2D eigenvalue weighted by atomic mass is 32.2. The maximum atomic E-state index is 14.7. The van der Waals surface area contributed by atoms with Crippen molar-refractivity contribution in [3.63, 3.8) is 0 Å². The summed E-state index contributed by atoms with van der Waals surface area (Å²) in [5.74, 6) is -11.2. The van der Waals surface area contributed by atoms with Crippen LogP contribution in [0.5, 0.6) is 17.2 Å². The smallest absolute Gasteiger partial charge is 0.326 e. The van der Waals surface area contributed by atoms with Crippen molar-refractivity contribution < 1.29 is 78.3 Å². The number of hydrogen-bond acceptors (Lipinski definition) is 16. The molecule has 0 aromatic heterocycles. The molecule has 3 aromatic carbocycles. The minimum absolute atomic E-state index is 0.0153. The Balaban J connectivity index is 1.63. The fourth-order valence-electron chi connectivity index (χ4n) is 9.18. The number of thioether (sulfide) groups is 1. The van der Waals surface area contributed by atoms with Gasteiger partial charge in [0.05, 0.1) is 12.5 Å². The van der Waals surface area contributed by atoms with Crippen molar-refractivity contribution >= 4 is 76.9 Å². The van der Waals surface area contributed by atoms with Crippen molar-refractivity contribution in [1.29, 1.82) is 0 Å². The van der Waals surface area contributed by atoms with E-state index in [1.54, 1.807) is 6.26 Å². The zero-order chi connectivity index (χ0) is 62.4. The van der Waals surface area contributed by atoms with Crippen LogP contribution in [0.3, 0.4) is 0 Å². The Hall–Kier alpha value is -8.46. The van der Waals surface area contributed by atoms with E-state index in [2.05, 4.69) is 37.2 Å². The number of phenols is 3. The molecule has 1 aliphatic heterocycles. The molecule has 0 bridgehead atoms. The van der Waals surface area contributed by atoms with E-state index in [1.807, 2.05) is 13.8 Å². The zero-order valence-corrected chi connectivity index (χ0v) is 48.3. The molecule has 0 saturated carbocycles. The number of rotatable bonds is 33. The van der Waals surface area contributed by atoms with E-state index < -0.39 is 145 Å². The van der Waals surface area contributed by atoms with E-state index >= 15 is 0 Å². The summed E-state index contributed by atoms with van der Waals surface area (Å²) in [6.45, 7) is 6.76. The van der Waals surface area contributed by atoms with Gasteiger partial charge in [0.2, 0.25) is 53.2 Å². The molecule has 0 radical (unpaired) electrons. The number of nitrogens with two attached hydrogens (primary N) is 2. The Morgan fingerprint density at radius 3 is 1.38 bits per heavy atom. The molecule has 1 aliphatic rings. The fraction of sp³-hybridized carbons (Fsp3) is 0.491. The number of carbonyl (C=O) groups excluding carboxylic acids is 9. The molecule has 26 nitrogen and oxygen atoms in total. The van der Waals surface area contributed by atoms with Gasteiger partial charge >= 0.3 is 11.9 Å². The lowest BCUT2D eigenvalue weighted by molar-refractivity contribution is -0.144. The monoisotopic (exact) mass is 1190 g/mol. The maximum Gasteiger partial charge on any atom is 0.326 e. The summed E-state index contributed by atoms with van der Waals surface area (Å²) in [5.41, 5.74) is 12.5. The van der Waals surface area contributed by atoms with E-state index in [4.69, 9.17) is 11.5 Å². The van der Waals surface area contributed by atoms with Crippen LogP contribution in [0.25, 0.3) is 0 Å². The highest BCUT2D eigenvalue weighted by Gasteiger charge is 2.41. The number of likely N-dealkylation sites (tertiary alicyclic amines) is 1. The Bertz CT molecular complexity index is 2790. The third-order valence-corrected chi connectivity index (χ3v) is 14.3. The number of phenolic OH excluding ortho intramolecular Hbond substituents is 3. The minimum Gasteiger partial charge on any atom is -0.508 e. The SMILES string of the molecule is CSCC[C@H](NC(=O)[C@@H]1CCCN1C(=O)[C@H](CC(C)C)NC(=O)[C@H](Cc1ccc(O)cc1)NC(=O)[C@@H](N)CC(N)=O)C(=O)N[C@@H](Cc1ccc(O)cc1)C(=O)N[C@@H](Cc1ccc(O)cc1)C(=O)N[C@@H](CCC(=O)O)C(=O)N[C@H](C(=O)O)C(C)C. The summed E-state index contributed by atoms with van der Waals surface area (Å²) in [7, 11) is 0. The molecular formula is C57H78N10O16S. The molecule has 9 atom stereocenters. The number of nitrogens with zero attached hydrogens (tertiary/aromatic N) is 1. The standard InChI is InChI=1S/C57H78N10O16S/c1-30(2)25-44(65-54(79)41(26-32-8-14-35(68)15-9-32)62-49(74)38(58)29-46(59)71)56(81)67-23-6-7-45(67)55(80)61-40(22-24-84-5)50(75)63-43(28-34-12-18-37(70)19-13-34)53(78)64-42(27-33-10-16-36(69)17-11-33)52(77)60-39(20-21-47(72)73)51(76)66-48(31(3)4)57(82)83/h8-19,30-31,38-45,48,68-70H,6-7,20-29,58H2,1-5H3,(H2,59,71)(H,60,77)(H,61,80)(H,62,74)(H,63,75)(H,64,78)(H,65,79)(H,66,76)(H,72,73)(H,82,83)/t38-,39-,40-,41-,42-,43-,44-,45-,48-/m0/s1. The molecule has 9 amide bonds. The van der Waals surface area contributed by atoms with E-state index in [0.29, 0.717) is 28.9 Å². The second-order valence-corrected chi connectivity index (χ2v) is 22.3. The number of carboxylic acids is 2. The van der Waals surface area contributed by atoms with E-state index in [-0.39, 0.29) is 68.2 Å². The first-order valence-corrected chi connectivity index (χ1v) is 28.8. The van der Waals surface area contributed by atoms with Crippen LogP contribution < -0.4 is 48.7 Å². The summed E-state index contributed by atoms with van der Waals surface area (Å²) in [6, 6.07) is 4.44. The Labute approximate surface area is 490 Å². The van der Waals surface area contributed by atoms with Crippen LogP contribution >= 0.6 is 11.8 Å². The fourth-order valence-corrected chi connectivity index (χ4v) is 9.65. The predicted molar refractivity (Wildman–Crippen MR) is 307 cm³/mol. The van der Waals surface area contributed by atoms with Gasteiger partial charge in [-0.3, -0.25) is 47.9 Å². The quantitative estimate of drug-likeness (QED) is 0.0376. The van der Waals surface area contributed by atoms with Crippen molar-refractivity contribution in [3.8, 4) is 17.2 Å². The van der Waals surface area contributed by atoms with Gasteiger partial charge in [0.1, 0.15) is 65.6 Å². The van der Waals surface area contributed by atoms with Crippen LogP contribution in [-0.2, 0) is 72.0 Å². The lowest BCUT2D eigenvalue weighted by atomic mass is 10.00. The van der Waals surface area contributed by atoms with E-state index in [0.717, 1.165) is 0 Å². The summed E-state index contributed by atoms with van der Waals surface area (Å²) in [4.78, 5) is 150. The summed E-state index contributed by atoms with van der Waals surface area (Å²) in [6.07, 6.45) is 0.0755. The molecule has 4 rings (SSSR count). The Kier molecular flexibility index (Phi) is 26.7. The molecule has 0 unspecified atom stereocenters. The van der Waals surface area contributed by atoms with Gasteiger partial charge in [0, 0.05) is 32.2 Å². The number of aliphatic carboxylic acids is 2. The normalized spacial score (nSPS) is 15.9. The lowest BCUT2D eigenvalue weighted by Crippen LogP contribution is -2.61. The highest BCUT2D eigenvalue weighted by molar-refractivity contribution is 7.98. The van der Waals surface area contributed by atoms with Crippen LogP contribution in [0.1, 0.15) is 89.3 Å². The van der Waals surface area contributed by atoms with Gasteiger partial charge in [-0.15, -0.1) is 0 Å². The van der Waals surface area contributed by atoms with Gasteiger partial charge in [-0.05, 0) is 109 Å². The second kappa shape index (κ2) is 33.0. The summed E-state index contributed by atoms with van der Waals surface area (Å²) in [5, 5.41) is 67.4. The number of amides is 9. The van der Waals surface area contributed by atoms with Crippen molar-refractivity contribution in [2.45, 2.75) is 146 Å². The minimum atomic E-state index is -1.61. The van der Waals surface area contributed by atoms with Gasteiger partial charge in [-0.1, -0.05) is 64.1 Å². The molecule has 84 heavy (non-hydrogen) atoms. The van der Waals surface area contributed by atoms with E-state index in [1.165, 1.54) is 103 Å². The van der Waals surface area contributed by atoms with Crippen LogP contribution in [0.2, 0.25) is 0 Å². The number of aromatic hydroxyl groups is 3.